The zero-order valence-electron chi connectivity index (χ0n) is 9.54. The molecule has 2 saturated heterocycles. The summed E-state index contributed by atoms with van der Waals surface area (Å²) in [7, 11) is 0. The number of amides is 1. The fourth-order valence-electron chi connectivity index (χ4n) is 2.50. The Hall–Kier alpha value is -1.14. The Kier molecular flexibility index (Phi) is 3.63. The molecular formula is C11H17NO5. The Morgan fingerprint density at radius 1 is 1.24 bits per heavy atom. The number of aliphatic hydroxyl groups is 1. The van der Waals surface area contributed by atoms with Crippen LogP contribution in [0.5, 0.6) is 0 Å². The molecule has 2 aliphatic heterocycles. The van der Waals surface area contributed by atoms with E-state index in [0.717, 1.165) is 12.8 Å². The van der Waals surface area contributed by atoms with E-state index < -0.39 is 18.2 Å². The summed E-state index contributed by atoms with van der Waals surface area (Å²) in [5.74, 6) is -1.19. The van der Waals surface area contributed by atoms with Gasteiger partial charge in [0, 0.05) is 6.54 Å². The SMILES string of the molecule is O=C(O)C1CCC(C(=O)N2CCC[C@@H]2CO)O1. The van der Waals surface area contributed by atoms with Crippen molar-refractivity contribution in [1.29, 1.82) is 0 Å². The number of hydrogen-bond acceptors (Lipinski definition) is 4. The Morgan fingerprint density at radius 3 is 2.53 bits per heavy atom. The lowest BCUT2D eigenvalue weighted by Gasteiger charge is -2.25. The second kappa shape index (κ2) is 5.01. The van der Waals surface area contributed by atoms with Crippen LogP contribution < -0.4 is 0 Å². The van der Waals surface area contributed by atoms with Crippen LogP contribution in [0.25, 0.3) is 0 Å². The van der Waals surface area contributed by atoms with E-state index in [1.165, 1.54) is 0 Å². The molecule has 3 atom stereocenters. The number of nitrogens with zero attached hydrogens (tertiary/aromatic N) is 1. The van der Waals surface area contributed by atoms with E-state index in [1.807, 2.05) is 0 Å². The van der Waals surface area contributed by atoms with Gasteiger partial charge in [-0.2, -0.15) is 0 Å². The number of carboxylic acids is 1. The molecule has 2 rings (SSSR count). The first-order chi connectivity index (χ1) is 8.13. The summed E-state index contributed by atoms with van der Waals surface area (Å²) in [5.41, 5.74) is 0. The smallest absolute Gasteiger partial charge is 0.332 e. The Bertz CT molecular complexity index is 319. The molecule has 6 nitrogen and oxygen atoms in total. The maximum Gasteiger partial charge on any atom is 0.332 e. The van der Waals surface area contributed by atoms with Gasteiger partial charge in [0.1, 0.15) is 6.10 Å². The van der Waals surface area contributed by atoms with Crippen LogP contribution in [-0.2, 0) is 14.3 Å². The summed E-state index contributed by atoms with van der Waals surface area (Å²) in [6.45, 7) is 0.586. The van der Waals surface area contributed by atoms with Gasteiger partial charge in [-0.15, -0.1) is 0 Å². The van der Waals surface area contributed by atoms with Gasteiger partial charge in [0.2, 0.25) is 0 Å². The molecule has 0 aliphatic carbocycles. The number of hydrogen-bond donors (Lipinski definition) is 2. The quantitative estimate of drug-likeness (QED) is 0.704. The number of carbonyl (C=O) groups excluding carboxylic acids is 1. The van der Waals surface area contributed by atoms with Crippen molar-refractivity contribution in [3.05, 3.63) is 0 Å². The molecule has 96 valence electrons. The highest BCUT2D eigenvalue weighted by Crippen LogP contribution is 2.25. The van der Waals surface area contributed by atoms with Gasteiger partial charge in [0.15, 0.2) is 6.10 Å². The second-order valence-electron chi connectivity index (χ2n) is 4.54. The van der Waals surface area contributed by atoms with Crippen molar-refractivity contribution in [1.82, 2.24) is 4.90 Å². The Balaban J connectivity index is 1.95. The van der Waals surface area contributed by atoms with Crippen molar-refractivity contribution < 1.29 is 24.5 Å². The topological polar surface area (TPSA) is 87.1 Å². The molecule has 0 bridgehead atoms. The van der Waals surface area contributed by atoms with E-state index in [1.54, 1.807) is 4.90 Å². The second-order valence-corrected chi connectivity index (χ2v) is 4.54. The van der Waals surface area contributed by atoms with E-state index in [2.05, 4.69) is 0 Å². The Labute approximate surface area is 99.2 Å². The third kappa shape index (κ3) is 2.42. The normalized spacial score (nSPS) is 33.0. The minimum atomic E-state index is -1.01. The van der Waals surface area contributed by atoms with E-state index in [0.29, 0.717) is 19.4 Å². The van der Waals surface area contributed by atoms with Crippen LogP contribution in [0.2, 0.25) is 0 Å². The number of aliphatic carboxylic acids is 1. The summed E-state index contributed by atoms with van der Waals surface area (Å²) in [6, 6.07) is -0.130. The standard InChI is InChI=1S/C11H17NO5/c13-6-7-2-1-5-12(7)10(14)8-3-4-9(17-8)11(15)16/h7-9,13H,1-6H2,(H,15,16)/t7-,8?,9?/m1/s1. The van der Waals surface area contributed by atoms with Crippen LogP contribution in [0, 0.1) is 0 Å². The first-order valence-electron chi connectivity index (χ1n) is 5.93. The van der Waals surface area contributed by atoms with Crippen LogP contribution in [0.4, 0.5) is 0 Å². The predicted molar refractivity (Wildman–Crippen MR) is 57.4 cm³/mol. The number of rotatable bonds is 3. The van der Waals surface area contributed by atoms with Gasteiger partial charge < -0.3 is 19.8 Å². The fraction of sp³-hybridized carbons (Fsp3) is 0.818. The highest BCUT2D eigenvalue weighted by Gasteiger charge is 2.39. The van der Waals surface area contributed by atoms with Crippen LogP contribution in [0.15, 0.2) is 0 Å². The average molecular weight is 243 g/mol. The first kappa shape index (κ1) is 12.3. The molecule has 0 aromatic rings. The van der Waals surface area contributed by atoms with Gasteiger partial charge >= 0.3 is 5.97 Å². The third-order valence-corrected chi connectivity index (χ3v) is 3.44. The minimum Gasteiger partial charge on any atom is -0.479 e. The summed E-state index contributed by atoms with van der Waals surface area (Å²) in [5, 5.41) is 17.9. The third-order valence-electron chi connectivity index (χ3n) is 3.44. The lowest BCUT2D eigenvalue weighted by atomic mass is 10.1. The summed E-state index contributed by atoms with van der Waals surface area (Å²) < 4.78 is 5.22. The van der Waals surface area contributed by atoms with Gasteiger partial charge in [0.05, 0.1) is 12.6 Å². The first-order valence-corrected chi connectivity index (χ1v) is 5.93. The number of aliphatic hydroxyl groups excluding tert-OH is 1. The molecule has 6 heteroatoms. The Morgan fingerprint density at radius 2 is 1.94 bits per heavy atom. The summed E-state index contributed by atoms with van der Waals surface area (Å²) >= 11 is 0. The number of carbonyl (C=O) groups is 2. The molecular weight excluding hydrogens is 226 g/mol. The molecule has 0 radical (unpaired) electrons. The predicted octanol–water partition coefficient (Wildman–Crippen LogP) is -0.398. The lowest BCUT2D eigenvalue weighted by molar-refractivity contribution is -0.155. The van der Waals surface area contributed by atoms with Crippen molar-refractivity contribution in [2.24, 2.45) is 0 Å². The van der Waals surface area contributed by atoms with Crippen molar-refractivity contribution >= 4 is 11.9 Å². The molecule has 17 heavy (non-hydrogen) atoms. The molecule has 0 aromatic heterocycles. The van der Waals surface area contributed by atoms with Crippen LogP contribution in [-0.4, -0.2) is 58.4 Å². The molecule has 2 heterocycles. The van der Waals surface area contributed by atoms with E-state index in [-0.39, 0.29) is 18.6 Å². The maximum atomic E-state index is 12.1. The highest BCUT2D eigenvalue weighted by molar-refractivity contribution is 5.83. The van der Waals surface area contributed by atoms with Crippen molar-refractivity contribution in [3.63, 3.8) is 0 Å². The molecule has 0 spiro atoms. The van der Waals surface area contributed by atoms with Gasteiger partial charge in [0.25, 0.3) is 5.91 Å². The molecule has 0 aromatic carbocycles. The van der Waals surface area contributed by atoms with Gasteiger partial charge in [-0.1, -0.05) is 0 Å². The van der Waals surface area contributed by atoms with Crippen LogP contribution >= 0.6 is 0 Å². The van der Waals surface area contributed by atoms with E-state index in [4.69, 9.17) is 14.9 Å². The summed E-state index contributed by atoms with van der Waals surface area (Å²) in [4.78, 5) is 24.4. The van der Waals surface area contributed by atoms with E-state index >= 15 is 0 Å². The zero-order valence-corrected chi connectivity index (χ0v) is 9.54. The maximum absolute atomic E-state index is 12.1. The average Bonchev–Trinajstić information content (AvgIpc) is 2.96. The largest absolute Gasteiger partial charge is 0.479 e. The zero-order chi connectivity index (χ0) is 12.4. The molecule has 2 aliphatic rings. The van der Waals surface area contributed by atoms with Crippen molar-refractivity contribution in [3.8, 4) is 0 Å². The van der Waals surface area contributed by atoms with Gasteiger partial charge in [-0.3, -0.25) is 4.79 Å². The number of ether oxygens (including phenoxy) is 1. The lowest BCUT2D eigenvalue weighted by Crippen LogP contribution is -2.43. The molecule has 1 amide bonds. The van der Waals surface area contributed by atoms with Gasteiger partial charge in [-0.25, -0.2) is 4.79 Å². The number of carboxylic acid groups (broad SMARTS) is 1. The van der Waals surface area contributed by atoms with Crippen molar-refractivity contribution in [2.75, 3.05) is 13.2 Å². The minimum absolute atomic E-state index is 0.0409. The molecule has 2 fully saturated rings. The molecule has 2 unspecified atom stereocenters. The van der Waals surface area contributed by atoms with Gasteiger partial charge in [-0.05, 0) is 25.7 Å². The summed E-state index contributed by atoms with van der Waals surface area (Å²) in [6.07, 6.45) is 0.999. The number of likely N-dealkylation sites (tertiary alicyclic amines) is 1. The molecule has 0 saturated carbocycles. The van der Waals surface area contributed by atoms with E-state index in [9.17, 15) is 9.59 Å². The highest BCUT2D eigenvalue weighted by atomic mass is 16.5. The van der Waals surface area contributed by atoms with Crippen LogP contribution in [0.3, 0.4) is 0 Å². The fourth-order valence-corrected chi connectivity index (χ4v) is 2.50. The molecule has 2 N–H and O–H groups in total. The monoisotopic (exact) mass is 243 g/mol. The van der Waals surface area contributed by atoms with Crippen LogP contribution in [0.1, 0.15) is 25.7 Å². The van der Waals surface area contributed by atoms with Crippen molar-refractivity contribution in [2.45, 2.75) is 43.9 Å².